The molecule has 0 bridgehead atoms. The Hall–Kier alpha value is -1.35. The number of piperidine rings is 1. The van der Waals surface area contributed by atoms with E-state index in [9.17, 15) is 4.79 Å². The van der Waals surface area contributed by atoms with Crippen LogP contribution in [0.2, 0.25) is 0 Å². The lowest BCUT2D eigenvalue weighted by Gasteiger charge is -2.37. The number of rotatable bonds is 1. The van der Waals surface area contributed by atoms with Crippen molar-refractivity contribution in [2.75, 3.05) is 33.2 Å². The zero-order chi connectivity index (χ0) is 15.0. The Labute approximate surface area is 127 Å². The van der Waals surface area contributed by atoms with E-state index in [1.807, 2.05) is 13.0 Å². The van der Waals surface area contributed by atoms with Crippen LogP contribution < -0.4 is 0 Å². The van der Waals surface area contributed by atoms with Crippen LogP contribution in [0.25, 0.3) is 0 Å². The topological polar surface area (TPSA) is 23.6 Å². The summed E-state index contributed by atoms with van der Waals surface area (Å²) >= 11 is 0. The minimum absolute atomic E-state index is 0.229. The molecule has 1 aromatic rings. The molecule has 0 aromatic heterocycles. The van der Waals surface area contributed by atoms with Gasteiger partial charge in [-0.3, -0.25) is 4.79 Å². The van der Waals surface area contributed by atoms with Gasteiger partial charge in [0, 0.05) is 18.7 Å². The van der Waals surface area contributed by atoms with Gasteiger partial charge in [0.2, 0.25) is 0 Å². The van der Waals surface area contributed by atoms with Gasteiger partial charge in [-0.2, -0.15) is 0 Å². The first-order valence-electron chi connectivity index (χ1n) is 8.04. The predicted octanol–water partition coefficient (Wildman–Crippen LogP) is 2.86. The first-order valence-corrected chi connectivity index (χ1v) is 8.04. The fraction of sp³-hybridized carbons (Fsp3) is 0.611. The maximum absolute atomic E-state index is 12.8. The van der Waals surface area contributed by atoms with Crippen molar-refractivity contribution in [3.05, 3.63) is 34.9 Å². The second-order valence-corrected chi connectivity index (χ2v) is 7.10. The lowest BCUT2D eigenvalue weighted by Crippen LogP contribution is -2.40. The number of hydrogen-bond acceptors (Lipinski definition) is 2. The van der Waals surface area contributed by atoms with Gasteiger partial charge in [-0.25, -0.2) is 0 Å². The molecular formula is C18H26N2O. The number of amides is 1. The quantitative estimate of drug-likeness (QED) is 0.792. The highest BCUT2D eigenvalue weighted by atomic mass is 16.2. The minimum Gasteiger partial charge on any atom is -0.338 e. The van der Waals surface area contributed by atoms with E-state index in [0.29, 0.717) is 5.41 Å². The molecule has 3 rings (SSSR count). The van der Waals surface area contributed by atoms with E-state index in [1.54, 1.807) is 0 Å². The summed E-state index contributed by atoms with van der Waals surface area (Å²) in [5, 5.41) is 0. The van der Waals surface area contributed by atoms with Gasteiger partial charge in [0.25, 0.3) is 5.91 Å². The number of hydrogen-bond donors (Lipinski definition) is 0. The molecule has 0 atom stereocenters. The standard InChI is InChI=1S/C18H26N2O/c1-14-4-5-15(2)16(12-14)17(21)20-11-8-18(13-20)6-9-19(3)10-7-18/h4-5,12H,6-11,13H2,1-3H3. The van der Waals surface area contributed by atoms with E-state index < -0.39 is 0 Å². The van der Waals surface area contributed by atoms with Crippen LogP contribution >= 0.6 is 0 Å². The van der Waals surface area contributed by atoms with Crippen LogP contribution in [0.1, 0.15) is 40.7 Å². The Kier molecular flexibility index (Phi) is 3.78. The molecule has 0 radical (unpaired) electrons. The molecule has 3 nitrogen and oxygen atoms in total. The van der Waals surface area contributed by atoms with Crippen molar-refractivity contribution >= 4 is 5.91 Å². The Morgan fingerprint density at radius 3 is 2.48 bits per heavy atom. The van der Waals surface area contributed by atoms with Crippen molar-refractivity contribution in [3.8, 4) is 0 Å². The summed E-state index contributed by atoms with van der Waals surface area (Å²) in [6, 6.07) is 6.18. The Morgan fingerprint density at radius 2 is 1.76 bits per heavy atom. The minimum atomic E-state index is 0.229. The maximum Gasteiger partial charge on any atom is 0.254 e. The maximum atomic E-state index is 12.8. The molecule has 2 fully saturated rings. The summed E-state index contributed by atoms with van der Waals surface area (Å²) in [4.78, 5) is 17.3. The van der Waals surface area contributed by atoms with Gasteiger partial charge < -0.3 is 9.80 Å². The number of benzene rings is 1. The van der Waals surface area contributed by atoms with Crippen LogP contribution in [0.5, 0.6) is 0 Å². The first kappa shape index (κ1) is 14.6. The molecule has 1 aromatic carbocycles. The van der Waals surface area contributed by atoms with Crippen molar-refractivity contribution in [2.45, 2.75) is 33.1 Å². The summed E-state index contributed by atoms with van der Waals surface area (Å²) in [6.45, 7) is 8.31. The zero-order valence-corrected chi connectivity index (χ0v) is 13.5. The number of nitrogens with zero attached hydrogens (tertiary/aromatic N) is 2. The van der Waals surface area contributed by atoms with Crippen LogP contribution in [0, 0.1) is 19.3 Å². The number of likely N-dealkylation sites (tertiary alicyclic amines) is 2. The number of aryl methyl sites for hydroxylation is 2. The molecule has 0 N–H and O–H groups in total. The van der Waals surface area contributed by atoms with Crippen LogP contribution in [-0.2, 0) is 0 Å². The summed E-state index contributed by atoms with van der Waals surface area (Å²) < 4.78 is 0. The zero-order valence-electron chi connectivity index (χ0n) is 13.5. The average Bonchev–Trinajstić information content (AvgIpc) is 2.89. The first-order chi connectivity index (χ1) is 9.99. The van der Waals surface area contributed by atoms with E-state index >= 15 is 0 Å². The Balaban J connectivity index is 1.74. The SMILES string of the molecule is Cc1ccc(C)c(C(=O)N2CCC3(CCN(C)CC3)C2)c1. The van der Waals surface area contributed by atoms with Crippen molar-refractivity contribution in [1.82, 2.24) is 9.80 Å². The van der Waals surface area contributed by atoms with Crippen LogP contribution in [0.15, 0.2) is 18.2 Å². The monoisotopic (exact) mass is 286 g/mol. The normalized spacial score (nSPS) is 22.0. The number of carbonyl (C=O) groups is 1. The third kappa shape index (κ3) is 2.84. The second kappa shape index (κ2) is 5.45. The number of carbonyl (C=O) groups excluding carboxylic acids is 1. The highest BCUT2D eigenvalue weighted by molar-refractivity contribution is 5.96. The summed E-state index contributed by atoms with van der Waals surface area (Å²) in [7, 11) is 2.20. The van der Waals surface area contributed by atoms with Gasteiger partial charge in [-0.1, -0.05) is 17.7 Å². The van der Waals surface area contributed by atoms with Gasteiger partial charge in [-0.15, -0.1) is 0 Å². The summed E-state index contributed by atoms with van der Waals surface area (Å²) in [6.07, 6.45) is 3.65. The van der Waals surface area contributed by atoms with Crippen LogP contribution in [0.3, 0.4) is 0 Å². The molecule has 1 spiro atoms. The molecular weight excluding hydrogens is 260 g/mol. The molecule has 1 amide bonds. The lowest BCUT2D eigenvalue weighted by atomic mass is 9.78. The fourth-order valence-electron chi connectivity index (χ4n) is 3.75. The molecule has 2 heterocycles. The average molecular weight is 286 g/mol. The molecule has 2 saturated heterocycles. The third-order valence-corrected chi connectivity index (χ3v) is 5.40. The highest BCUT2D eigenvalue weighted by Crippen LogP contribution is 2.40. The molecule has 21 heavy (non-hydrogen) atoms. The van der Waals surface area contributed by atoms with Gasteiger partial charge in [0.1, 0.15) is 0 Å². The van der Waals surface area contributed by atoms with Gasteiger partial charge >= 0.3 is 0 Å². The lowest BCUT2D eigenvalue weighted by molar-refractivity contribution is 0.0736. The van der Waals surface area contributed by atoms with E-state index in [1.165, 1.54) is 32.4 Å². The molecule has 114 valence electrons. The molecule has 2 aliphatic heterocycles. The highest BCUT2D eigenvalue weighted by Gasteiger charge is 2.41. The second-order valence-electron chi connectivity index (χ2n) is 7.10. The van der Waals surface area contributed by atoms with Crippen molar-refractivity contribution in [2.24, 2.45) is 5.41 Å². The van der Waals surface area contributed by atoms with Crippen LogP contribution in [0.4, 0.5) is 0 Å². The molecule has 3 heteroatoms. The van der Waals surface area contributed by atoms with E-state index in [-0.39, 0.29) is 5.91 Å². The van der Waals surface area contributed by atoms with E-state index in [4.69, 9.17) is 0 Å². The molecule has 0 aliphatic carbocycles. The summed E-state index contributed by atoms with van der Waals surface area (Å²) in [5.74, 6) is 0.229. The van der Waals surface area contributed by atoms with Gasteiger partial charge in [-0.05, 0) is 70.3 Å². The molecule has 0 unspecified atom stereocenters. The van der Waals surface area contributed by atoms with E-state index in [2.05, 4.69) is 35.9 Å². The third-order valence-electron chi connectivity index (χ3n) is 5.40. The predicted molar refractivity (Wildman–Crippen MR) is 85.6 cm³/mol. The van der Waals surface area contributed by atoms with Crippen molar-refractivity contribution in [3.63, 3.8) is 0 Å². The van der Waals surface area contributed by atoms with Gasteiger partial charge in [0.15, 0.2) is 0 Å². The summed E-state index contributed by atoms with van der Waals surface area (Å²) in [5.41, 5.74) is 3.53. The van der Waals surface area contributed by atoms with E-state index in [0.717, 1.165) is 29.8 Å². The van der Waals surface area contributed by atoms with Gasteiger partial charge in [0.05, 0.1) is 0 Å². The Bertz CT molecular complexity index is 544. The smallest absolute Gasteiger partial charge is 0.254 e. The van der Waals surface area contributed by atoms with Crippen molar-refractivity contribution in [1.29, 1.82) is 0 Å². The Morgan fingerprint density at radius 1 is 1.10 bits per heavy atom. The fourth-order valence-corrected chi connectivity index (χ4v) is 3.75. The van der Waals surface area contributed by atoms with Crippen LogP contribution in [-0.4, -0.2) is 48.9 Å². The van der Waals surface area contributed by atoms with Crippen molar-refractivity contribution < 1.29 is 4.79 Å². The molecule has 2 aliphatic rings. The largest absolute Gasteiger partial charge is 0.338 e. The molecule has 0 saturated carbocycles.